The minimum atomic E-state index is -1.09. The van der Waals surface area contributed by atoms with Crippen molar-refractivity contribution >= 4 is 46.6 Å². The molecule has 0 aromatic heterocycles. The zero-order chi connectivity index (χ0) is 26.9. The zero-order valence-corrected chi connectivity index (χ0v) is 21.2. The van der Waals surface area contributed by atoms with Crippen LogP contribution in [0, 0.1) is 0 Å². The number of carboxylic acids is 1. The van der Waals surface area contributed by atoms with E-state index in [1.165, 1.54) is 43.4 Å². The summed E-state index contributed by atoms with van der Waals surface area (Å²) in [5.74, 6) is -2.77. The Hall–Kier alpha value is -4.01. The Morgan fingerprint density at radius 1 is 0.973 bits per heavy atom. The summed E-state index contributed by atoms with van der Waals surface area (Å²) in [5.41, 5.74) is 1.05. The van der Waals surface area contributed by atoms with Gasteiger partial charge in [-0.15, -0.1) is 0 Å². The first kappa shape index (κ1) is 26.1. The van der Waals surface area contributed by atoms with Crippen molar-refractivity contribution in [1.82, 2.24) is 4.90 Å². The Kier molecular flexibility index (Phi) is 7.42. The van der Waals surface area contributed by atoms with Crippen LogP contribution in [0.3, 0.4) is 0 Å². The fourth-order valence-corrected chi connectivity index (χ4v) is 4.81. The summed E-state index contributed by atoms with van der Waals surface area (Å²) in [5, 5.41) is 20.9. The monoisotopic (exact) mass is 541 g/mol. The van der Waals surface area contributed by atoms with Crippen LogP contribution in [0.2, 0.25) is 10.0 Å². The number of rotatable bonds is 7. The summed E-state index contributed by atoms with van der Waals surface area (Å²) in [6.45, 7) is -0.0312. The molecule has 1 saturated heterocycles. The maximum atomic E-state index is 13.3. The molecule has 0 bridgehead atoms. The molecule has 10 heteroatoms. The number of aromatic carboxylic acids is 1. The fraction of sp³-hybridized carbons (Fsp3) is 0.148. The number of carbonyl (C=O) groups excluding carboxylic acids is 2. The minimum Gasteiger partial charge on any atom is -0.507 e. The van der Waals surface area contributed by atoms with Gasteiger partial charge in [0.15, 0.2) is 0 Å². The van der Waals surface area contributed by atoms with E-state index in [1.54, 1.807) is 36.4 Å². The summed E-state index contributed by atoms with van der Waals surface area (Å²) < 4.78 is 10.7. The molecule has 1 unspecified atom stereocenters. The van der Waals surface area contributed by atoms with Gasteiger partial charge >= 0.3 is 5.97 Å². The lowest BCUT2D eigenvalue weighted by Gasteiger charge is -2.26. The Morgan fingerprint density at radius 3 is 2.30 bits per heavy atom. The van der Waals surface area contributed by atoms with Gasteiger partial charge in [-0.25, -0.2) is 4.79 Å². The fourth-order valence-electron chi connectivity index (χ4n) is 4.24. The van der Waals surface area contributed by atoms with Gasteiger partial charge in [-0.1, -0.05) is 47.5 Å². The molecule has 2 N–H and O–H groups in total. The van der Waals surface area contributed by atoms with Crippen molar-refractivity contribution < 1.29 is 34.1 Å². The van der Waals surface area contributed by atoms with Crippen LogP contribution in [0.5, 0.6) is 11.5 Å². The number of ketones is 1. The largest absolute Gasteiger partial charge is 0.507 e. The summed E-state index contributed by atoms with van der Waals surface area (Å²) in [6.07, 6.45) is 0. The van der Waals surface area contributed by atoms with Gasteiger partial charge in [-0.05, 0) is 47.5 Å². The third-order valence-electron chi connectivity index (χ3n) is 5.97. The van der Waals surface area contributed by atoms with Crippen LogP contribution in [0.1, 0.15) is 33.1 Å². The van der Waals surface area contributed by atoms with Gasteiger partial charge in [0.2, 0.25) is 0 Å². The number of aliphatic hydroxyl groups is 1. The van der Waals surface area contributed by atoms with Crippen molar-refractivity contribution in [3.8, 4) is 11.5 Å². The molecule has 190 valence electrons. The molecule has 3 aromatic carbocycles. The Bertz CT molecular complexity index is 1430. The number of hydrogen-bond donors (Lipinski definition) is 2. The predicted octanol–water partition coefficient (Wildman–Crippen LogP) is 5.33. The summed E-state index contributed by atoms with van der Waals surface area (Å²) in [7, 11) is 2.84. The molecule has 0 saturated carbocycles. The van der Waals surface area contributed by atoms with Crippen LogP contribution in [-0.4, -0.2) is 47.0 Å². The predicted molar refractivity (Wildman–Crippen MR) is 137 cm³/mol. The molecule has 8 nitrogen and oxygen atoms in total. The van der Waals surface area contributed by atoms with E-state index in [9.17, 15) is 24.6 Å². The molecule has 1 atom stereocenters. The number of aliphatic hydroxyl groups excluding tert-OH is 1. The van der Waals surface area contributed by atoms with E-state index >= 15 is 0 Å². The van der Waals surface area contributed by atoms with Crippen LogP contribution >= 0.6 is 23.2 Å². The molecule has 0 spiro atoms. The summed E-state index contributed by atoms with van der Waals surface area (Å²) >= 11 is 12.4. The quantitative estimate of drug-likeness (QED) is 0.236. The highest BCUT2D eigenvalue weighted by molar-refractivity contribution is 6.46. The molecular formula is C27H21Cl2NO7. The molecule has 37 heavy (non-hydrogen) atoms. The topological polar surface area (TPSA) is 113 Å². The van der Waals surface area contributed by atoms with Crippen LogP contribution in [0.25, 0.3) is 5.76 Å². The van der Waals surface area contributed by atoms with Gasteiger partial charge in [-0.3, -0.25) is 9.59 Å². The van der Waals surface area contributed by atoms with Crippen molar-refractivity contribution in [2.24, 2.45) is 0 Å². The Balaban J connectivity index is 1.90. The van der Waals surface area contributed by atoms with Crippen LogP contribution in [0.15, 0.2) is 66.2 Å². The second-order valence-electron chi connectivity index (χ2n) is 8.17. The number of benzene rings is 3. The lowest BCUT2D eigenvalue weighted by Crippen LogP contribution is -2.29. The smallest absolute Gasteiger partial charge is 0.335 e. The van der Waals surface area contributed by atoms with Gasteiger partial charge in [0.05, 0.1) is 42.0 Å². The molecule has 1 fully saturated rings. The third-order valence-corrected chi connectivity index (χ3v) is 6.47. The molecule has 1 amide bonds. The highest BCUT2D eigenvalue weighted by Crippen LogP contribution is 2.44. The van der Waals surface area contributed by atoms with Crippen LogP contribution in [-0.2, 0) is 16.1 Å². The number of amides is 1. The van der Waals surface area contributed by atoms with Gasteiger partial charge in [0, 0.05) is 11.6 Å². The SMILES string of the molecule is COc1cccc(C2/C(=C(\O)c3cc(Cl)cc(Cl)c3OC)C(=O)C(=O)N2Cc2ccc(C(=O)O)cc2)c1. The number of Topliss-reactive ketones (excluding diaryl/α,β-unsaturated/α-hetero) is 1. The highest BCUT2D eigenvalue weighted by atomic mass is 35.5. The average Bonchev–Trinajstić information content (AvgIpc) is 3.13. The maximum absolute atomic E-state index is 13.3. The van der Waals surface area contributed by atoms with Crippen molar-refractivity contribution in [3.05, 3.63) is 98.5 Å². The number of ether oxygens (including phenoxy) is 2. The first-order valence-corrected chi connectivity index (χ1v) is 11.7. The van der Waals surface area contributed by atoms with E-state index in [-0.39, 0.29) is 39.0 Å². The lowest BCUT2D eigenvalue weighted by molar-refractivity contribution is -0.140. The molecule has 1 aliphatic heterocycles. The average molecular weight is 542 g/mol. The van der Waals surface area contributed by atoms with Gasteiger partial charge in [-0.2, -0.15) is 0 Å². The van der Waals surface area contributed by atoms with Crippen molar-refractivity contribution in [2.75, 3.05) is 14.2 Å². The second kappa shape index (κ2) is 10.5. The summed E-state index contributed by atoms with van der Waals surface area (Å²) in [4.78, 5) is 39.1. The molecule has 3 aromatic rings. The highest BCUT2D eigenvalue weighted by Gasteiger charge is 2.46. The normalized spacial score (nSPS) is 16.6. The zero-order valence-electron chi connectivity index (χ0n) is 19.7. The maximum Gasteiger partial charge on any atom is 0.335 e. The van der Waals surface area contributed by atoms with Crippen molar-refractivity contribution in [2.45, 2.75) is 12.6 Å². The van der Waals surface area contributed by atoms with E-state index in [2.05, 4.69) is 0 Å². The van der Waals surface area contributed by atoms with Gasteiger partial charge in [0.1, 0.15) is 17.3 Å². The Morgan fingerprint density at radius 2 is 1.68 bits per heavy atom. The third kappa shape index (κ3) is 4.98. The second-order valence-corrected chi connectivity index (χ2v) is 9.02. The minimum absolute atomic E-state index is 0.0312. The van der Waals surface area contributed by atoms with E-state index in [0.29, 0.717) is 16.9 Å². The molecule has 1 aliphatic rings. The number of hydrogen-bond acceptors (Lipinski definition) is 6. The lowest BCUT2D eigenvalue weighted by atomic mass is 9.94. The number of carboxylic acid groups (broad SMARTS) is 1. The van der Waals surface area contributed by atoms with Crippen LogP contribution < -0.4 is 9.47 Å². The number of methoxy groups -OCH3 is 2. The van der Waals surface area contributed by atoms with Crippen molar-refractivity contribution in [3.63, 3.8) is 0 Å². The molecule has 0 radical (unpaired) electrons. The van der Waals surface area contributed by atoms with E-state index in [0.717, 1.165) is 0 Å². The first-order chi connectivity index (χ1) is 17.7. The number of halogens is 2. The van der Waals surface area contributed by atoms with Gasteiger partial charge < -0.3 is 24.6 Å². The number of carbonyl (C=O) groups is 3. The number of nitrogens with zero attached hydrogens (tertiary/aromatic N) is 1. The molecule has 4 rings (SSSR count). The standard InChI is InChI=1S/C27H21Cl2NO7/c1-36-18-5-3-4-16(10-18)22-21(23(31)19-11-17(28)12-20(29)25(19)37-2)24(32)26(33)30(22)13-14-6-8-15(9-7-14)27(34)35/h3-12,22,31H,13H2,1-2H3,(H,34,35)/b23-21+. The number of likely N-dealkylation sites (tertiary alicyclic amines) is 1. The Labute approximate surface area is 222 Å². The van der Waals surface area contributed by atoms with Gasteiger partial charge in [0.25, 0.3) is 11.7 Å². The van der Waals surface area contributed by atoms with E-state index in [4.69, 9.17) is 32.7 Å². The first-order valence-electron chi connectivity index (χ1n) is 10.9. The van der Waals surface area contributed by atoms with E-state index in [1.807, 2.05) is 0 Å². The summed E-state index contributed by atoms with van der Waals surface area (Å²) in [6, 6.07) is 14.5. The van der Waals surface area contributed by atoms with Crippen LogP contribution in [0.4, 0.5) is 0 Å². The molecule has 0 aliphatic carbocycles. The van der Waals surface area contributed by atoms with Crippen molar-refractivity contribution in [1.29, 1.82) is 0 Å². The molecular weight excluding hydrogens is 521 g/mol. The molecule has 1 heterocycles. The van der Waals surface area contributed by atoms with E-state index < -0.39 is 29.5 Å².